The molecule has 22 heavy (non-hydrogen) atoms. The van der Waals surface area contributed by atoms with Crippen molar-refractivity contribution in [2.45, 2.75) is 39.4 Å². The Morgan fingerprint density at radius 1 is 1.27 bits per heavy atom. The fourth-order valence-corrected chi connectivity index (χ4v) is 4.57. The van der Waals surface area contributed by atoms with E-state index >= 15 is 0 Å². The van der Waals surface area contributed by atoms with Crippen molar-refractivity contribution in [3.8, 4) is 0 Å². The van der Waals surface area contributed by atoms with E-state index in [-0.39, 0.29) is 0 Å². The molecule has 2 aromatic rings. The summed E-state index contributed by atoms with van der Waals surface area (Å²) in [7, 11) is 0. The molecule has 2 atom stereocenters. The molecule has 4 heterocycles. The van der Waals surface area contributed by atoms with Crippen molar-refractivity contribution in [3.63, 3.8) is 0 Å². The van der Waals surface area contributed by atoms with Gasteiger partial charge in [-0.2, -0.15) is 0 Å². The van der Waals surface area contributed by atoms with Gasteiger partial charge < -0.3 is 4.52 Å². The fraction of sp³-hybridized carbons (Fsp3) is 0.625. The second kappa shape index (κ2) is 5.76. The molecular formula is C16H22N4OS. The van der Waals surface area contributed by atoms with Gasteiger partial charge in [-0.3, -0.25) is 9.80 Å². The number of fused-ring (bicyclic) bond motifs is 2. The second-order valence-corrected chi connectivity index (χ2v) is 7.59. The third-order valence-corrected chi connectivity index (χ3v) is 5.75. The summed E-state index contributed by atoms with van der Waals surface area (Å²) in [5, 5.41) is 7.39. The first kappa shape index (κ1) is 14.4. The molecule has 2 aliphatic rings. The largest absolute Gasteiger partial charge is 0.361 e. The molecule has 0 aromatic carbocycles. The molecule has 0 N–H and O–H groups in total. The molecule has 5 nitrogen and oxygen atoms in total. The average Bonchev–Trinajstić information content (AvgIpc) is 3.18. The van der Waals surface area contributed by atoms with Crippen LogP contribution in [-0.2, 0) is 13.1 Å². The van der Waals surface area contributed by atoms with Crippen LogP contribution in [0.1, 0.15) is 28.4 Å². The first-order valence-corrected chi connectivity index (χ1v) is 8.83. The van der Waals surface area contributed by atoms with Crippen molar-refractivity contribution >= 4 is 11.3 Å². The van der Waals surface area contributed by atoms with Gasteiger partial charge in [0, 0.05) is 49.4 Å². The number of hydrogen-bond acceptors (Lipinski definition) is 6. The lowest BCUT2D eigenvalue weighted by molar-refractivity contribution is 0.152. The van der Waals surface area contributed by atoms with Crippen molar-refractivity contribution in [3.05, 3.63) is 33.6 Å². The molecule has 2 saturated heterocycles. The standard InChI is InChI=1S/C16H22N4OS/c1-11-15(12(2)21-18-11)9-19-6-13-5-14(8-19)20(7-13)10-16-17-3-4-22-16/h3-4,13-14H,5-10H2,1-2H3. The minimum absolute atomic E-state index is 0.670. The monoisotopic (exact) mass is 318 g/mol. The molecule has 2 aromatic heterocycles. The van der Waals surface area contributed by atoms with Gasteiger partial charge in [0.1, 0.15) is 10.8 Å². The van der Waals surface area contributed by atoms with E-state index in [2.05, 4.69) is 25.3 Å². The van der Waals surface area contributed by atoms with Crippen LogP contribution in [0, 0.1) is 19.8 Å². The Labute approximate surface area is 134 Å². The number of aromatic nitrogens is 2. The van der Waals surface area contributed by atoms with Gasteiger partial charge in [-0.25, -0.2) is 4.98 Å². The Hall–Kier alpha value is -1.24. The molecule has 118 valence electrons. The molecule has 0 aliphatic carbocycles. The van der Waals surface area contributed by atoms with Gasteiger partial charge in [0.2, 0.25) is 0 Å². The maximum absolute atomic E-state index is 5.30. The normalized spacial score (nSPS) is 25.9. The number of hydrogen-bond donors (Lipinski definition) is 0. The fourth-order valence-electron chi connectivity index (χ4n) is 3.93. The molecular weight excluding hydrogens is 296 g/mol. The summed E-state index contributed by atoms with van der Waals surface area (Å²) in [5.41, 5.74) is 2.31. The summed E-state index contributed by atoms with van der Waals surface area (Å²) in [4.78, 5) is 9.64. The number of likely N-dealkylation sites (tertiary alicyclic amines) is 2. The predicted octanol–water partition coefficient (Wildman–Crippen LogP) is 2.45. The summed E-state index contributed by atoms with van der Waals surface area (Å²) >= 11 is 1.77. The molecule has 2 unspecified atom stereocenters. The summed E-state index contributed by atoms with van der Waals surface area (Å²) in [5.74, 6) is 1.76. The van der Waals surface area contributed by atoms with E-state index in [1.54, 1.807) is 11.3 Å². The van der Waals surface area contributed by atoms with Gasteiger partial charge in [-0.05, 0) is 26.2 Å². The highest BCUT2D eigenvalue weighted by Gasteiger charge is 2.38. The summed E-state index contributed by atoms with van der Waals surface area (Å²) in [6.07, 6.45) is 3.25. The van der Waals surface area contributed by atoms with E-state index in [1.807, 2.05) is 20.0 Å². The Kier molecular flexibility index (Phi) is 3.76. The molecule has 0 amide bonds. The zero-order valence-corrected chi connectivity index (χ0v) is 14.0. The van der Waals surface area contributed by atoms with Gasteiger partial charge in [0.15, 0.2) is 0 Å². The minimum atomic E-state index is 0.670. The van der Waals surface area contributed by atoms with E-state index in [9.17, 15) is 0 Å². The highest BCUT2D eigenvalue weighted by molar-refractivity contribution is 7.09. The van der Waals surface area contributed by atoms with Crippen molar-refractivity contribution in [1.82, 2.24) is 19.9 Å². The van der Waals surface area contributed by atoms with Crippen molar-refractivity contribution in [2.24, 2.45) is 5.92 Å². The highest BCUT2D eigenvalue weighted by atomic mass is 32.1. The van der Waals surface area contributed by atoms with Gasteiger partial charge in [-0.1, -0.05) is 5.16 Å². The molecule has 6 heteroatoms. The Balaban J connectivity index is 1.42. The van der Waals surface area contributed by atoms with Crippen LogP contribution in [0.25, 0.3) is 0 Å². The van der Waals surface area contributed by atoms with E-state index in [4.69, 9.17) is 4.52 Å². The number of rotatable bonds is 4. The summed E-state index contributed by atoms with van der Waals surface area (Å²) < 4.78 is 5.30. The van der Waals surface area contributed by atoms with Crippen LogP contribution in [0.5, 0.6) is 0 Å². The van der Waals surface area contributed by atoms with Crippen LogP contribution in [0.2, 0.25) is 0 Å². The van der Waals surface area contributed by atoms with Crippen molar-refractivity contribution < 1.29 is 4.52 Å². The zero-order valence-electron chi connectivity index (χ0n) is 13.2. The maximum Gasteiger partial charge on any atom is 0.138 e. The van der Waals surface area contributed by atoms with Crippen LogP contribution in [0.15, 0.2) is 16.1 Å². The van der Waals surface area contributed by atoms with Crippen LogP contribution < -0.4 is 0 Å². The van der Waals surface area contributed by atoms with Gasteiger partial charge in [0.25, 0.3) is 0 Å². The van der Waals surface area contributed by atoms with Gasteiger partial charge in [-0.15, -0.1) is 11.3 Å². The van der Waals surface area contributed by atoms with E-state index in [0.29, 0.717) is 6.04 Å². The van der Waals surface area contributed by atoms with Gasteiger partial charge in [0.05, 0.1) is 12.2 Å². The van der Waals surface area contributed by atoms with Crippen LogP contribution in [0.4, 0.5) is 0 Å². The van der Waals surface area contributed by atoms with Crippen LogP contribution in [0.3, 0.4) is 0 Å². The molecule has 4 rings (SSSR count). The number of piperidine rings is 1. The lowest BCUT2D eigenvalue weighted by atomic mass is 9.99. The number of aryl methyl sites for hydroxylation is 2. The summed E-state index contributed by atoms with van der Waals surface area (Å²) in [6, 6.07) is 0.670. The van der Waals surface area contributed by atoms with Crippen molar-refractivity contribution in [1.29, 1.82) is 0 Å². The third-order valence-electron chi connectivity index (χ3n) is 4.98. The molecule has 0 spiro atoms. The minimum Gasteiger partial charge on any atom is -0.361 e. The molecule has 2 fully saturated rings. The second-order valence-electron chi connectivity index (χ2n) is 6.61. The lowest BCUT2D eigenvalue weighted by Crippen LogP contribution is -2.41. The topological polar surface area (TPSA) is 45.4 Å². The first-order chi connectivity index (χ1) is 10.7. The van der Waals surface area contributed by atoms with E-state index in [0.717, 1.165) is 37.0 Å². The molecule has 0 saturated carbocycles. The Morgan fingerprint density at radius 3 is 2.91 bits per heavy atom. The molecule has 0 radical (unpaired) electrons. The van der Waals surface area contributed by atoms with E-state index in [1.165, 1.54) is 30.1 Å². The third kappa shape index (κ3) is 2.71. The highest BCUT2D eigenvalue weighted by Crippen LogP contribution is 2.32. The predicted molar refractivity (Wildman–Crippen MR) is 85.7 cm³/mol. The van der Waals surface area contributed by atoms with Crippen LogP contribution in [-0.4, -0.2) is 45.6 Å². The number of nitrogens with zero attached hydrogens (tertiary/aromatic N) is 4. The zero-order chi connectivity index (χ0) is 15.1. The molecule has 2 bridgehead atoms. The van der Waals surface area contributed by atoms with Crippen molar-refractivity contribution in [2.75, 3.05) is 19.6 Å². The first-order valence-electron chi connectivity index (χ1n) is 7.95. The number of thiazole rings is 1. The molecule has 2 aliphatic heterocycles. The SMILES string of the molecule is Cc1noc(C)c1CN1CC2CC(C1)N(Cc1nccs1)C2. The Morgan fingerprint density at radius 2 is 2.18 bits per heavy atom. The maximum atomic E-state index is 5.30. The smallest absolute Gasteiger partial charge is 0.138 e. The quantitative estimate of drug-likeness (QED) is 0.866. The van der Waals surface area contributed by atoms with Crippen LogP contribution >= 0.6 is 11.3 Å². The lowest BCUT2D eigenvalue weighted by Gasteiger charge is -2.32. The van der Waals surface area contributed by atoms with Gasteiger partial charge >= 0.3 is 0 Å². The Bertz CT molecular complexity index is 619. The van der Waals surface area contributed by atoms with E-state index < -0.39 is 0 Å². The average molecular weight is 318 g/mol. The summed E-state index contributed by atoms with van der Waals surface area (Å²) in [6.45, 7) is 9.59.